The zero-order valence-electron chi connectivity index (χ0n) is 13.8. The van der Waals surface area contributed by atoms with Crippen LogP contribution >= 0.6 is 0 Å². The van der Waals surface area contributed by atoms with Crippen molar-refractivity contribution in [3.8, 4) is 11.3 Å². The quantitative estimate of drug-likeness (QED) is 0.876. The topological polar surface area (TPSA) is 82.2 Å². The maximum Gasteiger partial charge on any atom is 0.249 e. The van der Waals surface area contributed by atoms with E-state index in [1.807, 2.05) is 23.9 Å². The molecule has 24 heavy (non-hydrogen) atoms. The van der Waals surface area contributed by atoms with E-state index in [0.29, 0.717) is 25.6 Å². The molecule has 1 N–H and O–H groups in total. The SMILES string of the molecule is Cc1cc(-c2cnn(CCNC(=O)C3CCCO3)c2C2CC2)on1. The molecule has 1 amide bonds. The largest absolute Gasteiger partial charge is 0.368 e. The van der Waals surface area contributed by atoms with Gasteiger partial charge in [0.05, 0.1) is 29.7 Å². The normalized spacial score (nSPS) is 20.5. The van der Waals surface area contributed by atoms with E-state index in [1.54, 1.807) is 0 Å². The third kappa shape index (κ3) is 3.08. The Bertz CT molecular complexity index is 726. The van der Waals surface area contributed by atoms with E-state index < -0.39 is 0 Å². The van der Waals surface area contributed by atoms with Crippen LogP contribution in [0.1, 0.15) is 43.0 Å². The Labute approximate surface area is 140 Å². The highest BCUT2D eigenvalue weighted by atomic mass is 16.5. The molecule has 1 aliphatic heterocycles. The highest BCUT2D eigenvalue weighted by Crippen LogP contribution is 2.44. The lowest BCUT2D eigenvalue weighted by Crippen LogP contribution is -2.36. The van der Waals surface area contributed by atoms with Crippen LogP contribution in [0.3, 0.4) is 0 Å². The van der Waals surface area contributed by atoms with Crippen molar-refractivity contribution in [1.29, 1.82) is 0 Å². The van der Waals surface area contributed by atoms with E-state index in [2.05, 4.69) is 15.6 Å². The molecule has 128 valence electrons. The molecule has 0 bridgehead atoms. The fraction of sp³-hybridized carbons (Fsp3) is 0.588. The summed E-state index contributed by atoms with van der Waals surface area (Å²) in [5, 5.41) is 11.4. The molecular formula is C17H22N4O3. The number of aryl methyl sites for hydroxylation is 1. The Morgan fingerprint density at radius 3 is 2.96 bits per heavy atom. The smallest absolute Gasteiger partial charge is 0.249 e. The van der Waals surface area contributed by atoms with Crippen LogP contribution < -0.4 is 5.32 Å². The molecule has 1 atom stereocenters. The van der Waals surface area contributed by atoms with Crippen molar-refractivity contribution < 1.29 is 14.1 Å². The average molecular weight is 330 g/mol. The lowest BCUT2D eigenvalue weighted by Gasteiger charge is -2.12. The molecule has 2 aliphatic rings. The second kappa shape index (κ2) is 6.39. The third-order valence-corrected chi connectivity index (χ3v) is 4.58. The second-order valence-electron chi connectivity index (χ2n) is 6.57. The number of carbonyl (C=O) groups is 1. The highest BCUT2D eigenvalue weighted by molar-refractivity contribution is 5.80. The van der Waals surface area contributed by atoms with Crippen LogP contribution in [0.15, 0.2) is 16.8 Å². The molecule has 1 saturated carbocycles. The molecule has 4 rings (SSSR count). The number of aromatic nitrogens is 3. The van der Waals surface area contributed by atoms with Gasteiger partial charge >= 0.3 is 0 Å². The van der Waals surface area contributed by atoms with E-state index in [0.717, 1.165) is 29.9 Å². The van der Waals surface area contributed by atoms with Gasteiger partial charge in [-0.1, -0.05) is 5.16 Å². The van der Waals surface area contributed by atoms with Gasteiger partial charge in [0.2, 0.25) is 5.91 Å². The van der Waals surface area contributed by atoms with Gasteiger partial charge in [0.1, 0.15) is 6.10 Å². The van der Waals surface area contributed by atoms with Crippen LogP contribution in [0, 0.1) is 6.92 Å². The molecule has 2 fully saturated rings. The van der Waals surface area contributed by atoms with E-state index in [1.165, 1.54) is 18.5 Å². The first kappa shape index (κ1) is 15.4. The summed E-state index contributed by atoms with van der Waals surface area (Å²) in [5.74, 6) is 1.28. The Morgan fingerprint density at radius 1 is 1.42 bits per heavy atom. The van der Waals surface area contributed by atoms with Crippen LogP contribution in [0.25, 0.3) is 11.3 Å². The van der Waals surface area contributed by atoms with Crippen molar-refractivity contribution in [2.75, 3.05) is 13.2 Å². The first-order chi connectivity index (χ1) is 11.7. The van der Waals surface area contributed by atoms with Crippen LogP contribution in [0.5, 0.6) is 0 Å². The standard InChI is InChI=1S/C17H22N4O3/c1-11-9-15(24-20-11)13-10-19-21(16(13)12-4-5-12)7-6-18-17(22)14-3-2-8-23-14/h9-10,12,14H,2-8H2,1H3,(H,18,22). The second-order valence-corrected chi connectivity index (χ2v) is 6.57. The molecule has 2 aromatic heterocycles. The van der Waals surface area contributed by atoms with Gasteiger partial charge in [-0.25, -0.2) is 0 Å². The molecule has 0 radical (unpaired) electrons. The maximum atomic E-state index is 12.0. The van der Waals surface area contributed by atoms with Crippen molar-refractivity contribution in [3.63, 3.8) is 0 Å². The molecule has 2 aromatic rings. The summed E-state index contributed by atoms with van der Waals surface area (Å²) in [4.78, 5) is 12.0. The fourth-order valence-electron chi connectivity index (χ4n) is 3.22. The Hall–Kier alpha value is -2.15. The minimum absolute atomic E-state index is 0.0151. The van der Waals surface area contributed by atoms with E-state index in [-0.39, 0.29) is 12.0 Å². The predicted octanol–water partition coefficient (Wildman–Crippen LogP) is 2.02. The maximum absolute atomic E-state index is 12.0. The van der Waals surface area contributed by atoms with Gasteiger partial charge in [-0.2, -0.15) is 5.10 Å². The van der Waals surface area contributed by atoms with Crippen molar-refractivity contribution >= 4 is 5.91 Å². The first-order valence-electron chi connectivity index (χ1n) is 8.61. The summed E-state index contributed by atoms with van der Waals surface area (Å²) in [5.41, 5.74) is 3.07. The van der Waals surface area contributed by atoms with Crippen LogP contribution in [0.4, 0.5) is 0 Å². The number of carbonyl (C=O) groups excluding carboxylic acids is 1. The van der Waals surface area contributed by atoms with E-state index >= 15 is 0 Å². The minimum atomic E-state index is -0.279. The van der Waals surface area contributed by atoms with E-state index in [9.17, 15) is 4.79 Å². The number of hydrogen-bond donors (Lipinski definition) is 1. The van der Waals surface area contributed by atoms with Crippen LogP contribution in [0.2, 0.25) is 0 Å². The van der Waals surface area contributed by atoms with Crippen LogP contribution in [-0.2, 0) is 16.1 Å². The Kier molecular flexibility index (Phi) is 4.10. The number of rotatable bonds is 6. The summed E-state index contributed by atoms with van der Waals surface area (Å²) in [6.07, 6.45) is 5.69. The molecule has 1 unspecified atom stereocenters. The number of nitrogens with one attached hydrogen (secondary N) is 1. The third-order valence-electron chi connectivity index (χ3n) is 4.58. The highest BCUT2D eigenvalue weighted by Gasteiger charge is 2.32. The minimum Gasteiger partial charge on any atom is -0.368 e. The Balaban J connectivity index is 1.43. The summed E-state index contributed by atoms with van der Waals surface area (Å²) in [6, 6.07) is 1.94. The Morgan fingerprint density at radius 2 is 2.29 bits per heavy atom. The molecular weight excluding hydrogens is 308 g/mol. The van der Waals surface area contributed by atoms with Gasteiger partial charge < -0.3 is 14.6 Å². The molecule has 7 nitrogen and oxygen atoms in total. The van der Waals surface area contributed by atoms with Crippen molar-refractivity contribution in [3.05, 3.63) is 23.7 Å². The van der Waals surface area contributed by atoms with E-state index in [4.69, 9.17) is 9.26 Å². The van der Waals surface area contributed by atoms with Gasteiger partial charge in [-0.3, -0.25) is 9.48 Å². The van der Waals surface area contributed by atoms with Crippen molar-refractivity contribution in [2.45, 2.75) is 51.2 Å². The fourth-order valence-corrected chi connectivity index (χ4v) is 3.22. The molecule has 3 heterocycles. The lowest BCUT2D eigenvalue weighted by molar-refractivity contribution is -0.130. The molecule has 0 spiro atoms. The number of amides is 1. The predicted molar refractivity (Wildman–Crippen MR) is 86.4 cm³/mol. The zero-order chi connectivity index (χ0) is 16.5. The summed E-state index contributed by atoms with van der Waals surface area (Å²) in [7, 11) is 0. The molecule has 1 aliphatic carbocycles. The van der Waals surface area contributed by atoms with Gasteiger partial charge in [0.15, 0.2) is 5.76 Å². The summed E-state index contributed by atoms with van der Waals surface area (Å²) >= 11 is 0. The number of hydrogen-bond acceptors (Lipinski definition) is 5. The first-order valence-corrected chi connectivity index (χ1v) is 8.61. The molecule has 1 saturated heterocycles. The lowest BCUT2D eigenvalue weighted by atomic mass is 10.1. The average Bonchev–Trinajstić information content (AvgIpc) is 3.00. The summed E-state index contributed by atoms with van der Waals surface area (Å²) < 4.78 is 12.8. The molecule has 7 heteroatoms. The van der Waals surface area contributed by atoms with Gasteiger partial charge in [-0.15, -0.1) is 0 Å². The van der Waals surface area contributed by atoms with Gasteiger partial charge in [0.25, 0.3) is 0 Å². The number of ether oxygens (including phenoxy) is 1. The van der Waals surface area contributed by atoms with Gasteiger partial charge in [-0.05, 0) is 32.6 Å². The summed E-state index contributed by atoms with van der Waals surface area (Å²) in [6.45, 7) is 3.80. The zero-order valence-corrected chi connectivity index (χ0v) is 13.8. The monoisotopic (exact) mass is 330 g/mol. The number of nitrogens with zero attached hydrogens (tertiary/aromatic N) is 3. The molecule has 0 aromatic carbocycles. The van der Waals surface area contributed by atoms with Crippen LogP contribution in [-0.4, -0.2) is 40.1 Å². The van der Waals surface area contributed by atoms with Crippen molar-refractivity contribution in [2.24, 2.45) is 0 Å². The van der Waals surface area contributed by atoms with Gasteiger partial charge in [0, 0.05) is 25.1 Å². The van der Waals surface area contributed by atoms with Crippen molar-refractivity contribution in [1.82, 2.24) is 20.3 Å².